The molecule has 0 aliphatic rings. The number of benzene rings is 1. The van der Waals surface area contributed by atoms with Gasteiger partial charge < -0.3 is 15.1 Å². The number of nitrogens with one attached hydrogen (secondary N) is 2. The van der Waals surface area contributed by atoms with Gasteiger partial charge in [-0.1, -0.05) is 23.2 Å². The number of furan rings is 1. The summed E-state index contributed by atoms with van der Waals surface area (Å²) in [6.07, 6.45) is 3.14. The van der Waals surface area contributed by atoms with Crippen molar-refractivity contribution >= 4 is 40.7 Å². The number of halogens is 2. The quantitative estimate of drug-likeness (QED) is 0.730. The Bertz CT molecular complexity index is 743. The van der Waals surface area contributed by atoms with Crippen LogP contribution in [0.25, 0.3) is 0 Å². The number of anilines is 3. The minimum absolute atomic E-state index is 0.336. The largest absolute Gasteiger partial charge is 0.467 e. The monoisotopic (exact) mass is 335 g/mol. The van der Waals surface area contributed by atoms with Crippen LogP contribution in [0.1, 0.15) is 5.76 Å². The van der Waals surface area contributed by atoms with Crippen molar-refractivity contribution < 1.29 is 4.42 Å². The van der Waals surface area contributed by atoms with Crippen LogP contribution in [-0.2, 0) is 6.54 Å². The van der Waals surface area contributed by atoms with Crippen LogP contribution >= 0.6 is 23.2 Å². The summed E-state index contributed by atoms with van der Waals surface area (Å²) in [6, 6.07) is 8.79. The predicted octanol–water partition coefficient (Wildman–Crippen LogP) is 4.13. The summed E-state index contributed by atoms with van der Waals surface area (Å²) in [6.45, 7) is 0.508. The van der Waals surface area contributed by atoms with Gasteiger partial charge in [-0.15, -0.1) is 5.10 Å². The number of rotatable bonds is 5. The van der Waals surface area contributed by atoms with E-state index in [1.165, 1.54) is 6.20 Å². The predicted molar refractivity (Wildman–Crippen MR) is 85.6 cm³/mol. The lowest BCUT2D eigenvalue weighted by Gasteiger charge is -2.07. The smallest absolute Gasteiger partial charge is 0.249 e. The molecule has 0 unspecified atom stereocenters. The van der Waals surface area contributed by atoms with Gasteiger partial charge in [0.25, 0.3) is 0 Å². The summed E-state index contributed by atoms with van der Waals surface area (Å²) < 4.78 is 5.24. The molecule has 0 fully saturated rings. The van der Waals surface area contributed by atoms with Gasteiger partial charge in [0.15, 0.2) is 5.82 Å². The van der Waals surface area contributed by atoms with E-state index in [-0.39, 0.29) is 0 Å². The van der Waals surface area contributed by atoms with E-state index in [1.807, 2.05) is 12.1 Å². The van der Waals surface area contributed by atoms with Gasteiger partial charge in [-0.2, -0.15) is 10.1 Å². The normalized spacial score (nSPS) is 10.5. The van der Waals surface area contributed by atoms with Crippen LogP contribution in [0.4, 0.5) is 17.5 Å². The van der Waals surface area contributed by atoms with Crippen LogP contribution in [0, 0.1) is 0 Å². The summed E-state index contributed by atoms with van der Waals surface area (Å²) in [5.41, 5.74) is 0.683. The molecule has 6 nitrogen and oxygen atoms in total. The molecular weight excluding hydrogens is 325 g/mol. The lowest BCUT2D eigenvalue weighted by atomic mass is 10.3. The topological polar surface area (TPSA) is 75.9 Å². The Morgan fingerprint density at radius 1 is 1.14 bits per heavy atom. The van der Waals surface area contributed by atoms with Gasteiger partial charge in [0.2, 0.25) is 5.95 Å². The summed E-state index contributed by atoms with van der Waals surface area (Å²) in [7, 11) is 0. The molecule has 22 heavy (non-hydrogen) atoms. The Labute approximate surface area is 136 Å². The lowest BCUT2D eigenvalue weighted by molar-refractivity contribution is 0.517. The maximum absolute atomic E-state index is 5.95. The van der Waals surface area contributed by atoms with E-state index in [0.717, 1.165) is 5.76 Å². The zero-order valence-electron chi connectivity index (χ0n) is 11.3. The molecule has 0 atom stereocenters. The summed E-state index contributed by atoms with van der Waals surface area (Å²) >= 11 is 11.9. The van der Waals surface area contributed by atoms with E-state index in [1.54, 1.807) is 24.5 Å². The van der Waals surface area contributed by atoms with Crippen molar-refractivity contribution in [2.75, 3.05) is 10.6 Å². The zero-order valence-corrected chi connectivity index (χ0v) is 12.8. The minimum Gasteiger partial charge on any atom is -0.467 e. The van der Waals surface area contributed by atoms with Crippen LogP contribution in [0.15, 0.2) is 47.2 Å². The fourth-order valence-electron chi connectivity index (χ4n) is 1.79. The molecule has 0 saturated heterocycles. The molecule has 112 valence electrons. The van der Waals surface area contributed by atoms with E-state index in [9.17, 15) is 0 Å². The maximum atomic E-state index is 5.95. The molecule has 0 bridgehead atoms. The van der Waals surface area contributed by atoms with Gasteiger partial charge in [0.05, 0.1) is 19.0 Å². The molecule has 2 heterocycles. The average molecular weight is 336 g/mol. The van der Waals surface area contributed by atoms with Crippen molar-refractivity contribution in [1.29, 1.82) is 0 Å². The molecule has 3 rings (SSSR count). The third kappa shape index (κ3) is 3.87. The van der Waals surface area contributed by atoms with E-state index < -0.39 is 0 Å². The molecule has 0 radical (unpaired) electrons. The van der Waals surface area contributed by atoms with E-state index in [2.05, 4.69) is 25.8 Å². The van der Waals surface area contributed by atoms with Gasteiger partial charge in [-0.05, 0) is 30.3 Å². The molecule has 2 aromatic heterocycles. The lowest BCUT2D eigenvalue weighted by Crippen LogP contribution is -2.05. The second-order valence-electron chi connectivity index (χ2n) is 4.38. The van der Waals surface area contributed by atoms with Gasteiger partial charge in [0, 0.05) is 15.7 Å². The van der Waals surface area contributed by atoms with Crippen molar-refractivity contribution in [3.63, 3.8) is 0 Å². The number of aromatic nitrogens is 3. The first-order valence-corrected chi connectivity index (χ1v) is 7.14. The molecule has 2 N–H and O–H groups in total. The summed E-state index contributed by atoms with van der Waals surface area (Å²) in [5.74, 6) is 1.71. The van der Waals surface area contributed by atoms with E-state index in [0.29, 0.717) is 34.0 Å². The minimum atomic E-state index is 0.336. The molecule has 8 heteroatoms. The Morgan fingerprint density at radius 2 is 1.95 bits per heavy atom. The molecule has 0 spiro atoms. The SMILES string of the molecule is Clc1cc(Cl)cc(Nc2nncc(NCc3ccco3)n2)c1. The van der Waals surface area contributed by atoms with E-state index in [4.69, 9.17) is 27.6 Å². The fraction of sp³-hybridized carbons (Fsp3) is 0.0714. The highest BCUT2D eigenvalue weighted by atomic mass is 35.5. The highest BCUT2D eigenvalue weighted by Crippen LogP contribution is 2.24. The maximum Gasteiger partial charge on any atom is 0.249 e. The summed E-state index contributed by atoms with van der Waals surface area (Å²) in [4.78, 5) is 4.30. The van der Waals surface area contributed by atoms with Crippen LogP contribution in [0.3, 0.4) is 0 Å². The van der Waals surface area contributed by atoms with Crippen LogP contribution in [0.2, 0.25) is 10.0 Å². The van der Waals surface area contributed by atoms with Gasteiger partial charge >= 0.3 is 0 Å². The molecule has 0 saturated carbocycles. The Morgan fingerprint density at radius 3 is 2.68 bits per heavy atom. The molecular formula is C14H11Cl2N5O. The number of hydrogen-bond acceptors (Lipinski definition) is 6. The Kier molecular flexibility index (Phi) is 4.41. The van der Waals surface area contributed by atoms with E-state index >= 15 is 0 Å². The van der Waals surface area contributed by atoms with Gasteiger partial charge in [-0.25, -0.2) is 0 Å². The molecule has 1 aromatic carbocycles. The molecule has 3 aromatic rings. The van der Waals surface area contributed by atoms with Crippen LogP contribution < -0.4 is 10.6 Å². The number of hydrogen-bond donors (Lipinski definition) is 2. The second-order valence-corrected chi connectivity index (χ2v) is 5.25. The Balaban J connectivity index is 1.70. The van der Waals surface area contributed by atoms with Crippen molar-refractivity contribution in [1.82, 2.24) is 15.2 Å². The number of nitrogens with zero attached hydrogens (tertiary/aromatic N) is 3. The molecule has 0 amide bonds. The molecule has 0 aliphatic carbocycles. The van der Waals surface area contributed by atoms with Crippen molar-refractivity contribution in [2.24, 2.45) is 0 Å². The summed E-state index contributed by atoms with van der Waals surface area (Å²) in [5, 5.41) is 15.0. The molecule has 0 aliphatic heterocycles. The third-order valence-electron chi connectivity index (χ3n) is 2.70. The third-order valence-corrected chi connectivity index (χ3v) is 3.14. The van der Waals surface area contributed by atoms with Crippen molar-refractivity contribution in [3.05, 3.63) is 58.6 Å². The first-order chi connectivity index (χ1) is 10.7. The van der Waals surface area contributed by atoms with Gasteiger partial charge in [0.1, 0.15) is 5.76 Å². The average Bonchev–Trinajstić information content (AvgIpc) is 2.98. The van der Waals surface area contributed by atoms with Crippen LogP contribution in [-0.4, -0.2) is 15.2 Å². The second kappa shape index (κ2) is 6.64. The van der Waals surface area contributed by atoms with Gasteiger partial charge in [-0.3, -0.25) is 0 Å². The first kappa shape index (κ1) is 14.6. The first-order valence-electron chi connectivity index (χ1n) is 6.38. The van der Waals surface area contributed by atoms with Crippen molar-refractivity contribution in [2.45, 2.75) is 6.54 Å². The Hall–Kier alpha value is -2.31. The van der Waals surface area contributed by atoms with Crippen molar-refractivity contribution in [3.8, 4) is 0 Å². The van der Waals surface area contributed by atoms with Crippen LogP contribution in [0.5, 0.6) is 0 Å². The standard InChI is InChI=1S/C14H11Cl2N5O/c15-9-4-10(16)6-11(5-9)19-14-20-13(8-18-21-14)17-7-12-2-1-3-22-12/h1-6,8H,7H2,(H2,17,19,20,21). The fourth-order valence-corrected chi connectivity index (χ4v) is 2.31. The zero-order chi connectivity index (χ0) is 15.4. The highest BCUT2D eigenvalue weighted by Gasteiger charge is 2.04. The highest BCUT2D eigenvalue weighted by molar-refractivity contribution is 6.35.